The van der Waals surface area contributed by atoms with Crippen LogP contribution in [0.25, 0.3) is 11.0 Å². The number of hydrogen-bond donors (Lipinski definition) is 2. The first-order valence-electron chi connectivity index (χ1n) is 7.24. The lowest BCUT2D eigenvalue weighted by Crippen LogP contribution is -2.53. The summed E-state index contributed by atoms with van der Waals surface area (Å²) in [6, 6.07) is 4.71. The molecule has 1 aliphatic heterocycles. The highest BCUT2D eigenvalue weighted by atomic mass is 15.3. The van der Waals surface area contributed by atoms with Gasteiger partial charge in [0.25, 0.3) is 0 Å². The predicted octanol–water partition coefficient (Wildman–Crippen LogP) is 0.898. The number of nitrogens with one attached hydrogen (secondary N) is 2. The molecule has 1 unspecified atom stereocenters. The second-order valence-electron chi connectivity index (χ2n) is 5.74. The van der Waals surface area contributed by atoms with Crippen LogP contribution >= 0.6 is 0 Å². The molecule has 1 aliphatic rings. The number of hydrogen-bond acceptors (Lipinski definition) is 4. The zero-order valence-corrected chi connectivity index (χ0v) is 12.3. The summed E-state index contributed by atoms with van der Waals surface area (Å²) in [5.74, 6) is 0. The topological polar surface area (TPSA) is 47.2 Å². The number of H-pyrrole nitrogens is 1. The molecule has 1 fully saturated rings. The predicted molar refractivity (Wildman–Crippen MR) is 81.7 cm³/mol. The van der Waals surface area contributed by atoms with Gasteiger partial charge in [-0.25, -0.2) is 4.98 Å². The summed E-state index contributed by atoms with van der Waals surface area (Å²) in [4.78, 5) is 12.4. The van der Waals surface area contributed by atoms with Crippen LogP contribution in [0.2, 0.25) is 0 Å². The lowest BCUT2D eigenvalue weighted by molar-refractivity contribution is 0.113. The van der Waals surface area contributed by atoms with Crippen molar-refractivity contribution in [1.82, 2.24) is 25.1 Å². The van der Waals surface area contributed by atoms with Gasteiger partial charge in [0.2, 0.25) is 0 Å². The second-order valence-corrected chi connectivity index (χ2v) is 5.74. The highest BCUT2D eigenvalue weighted by Crippen LogP contribution is 2.15. The third-order valence-electron chi connectivity index (χ3n) is 4.21. The van der Waals surface area contributed by atoms with E-state index in [0.717, 1.165) is 31.8 Å². The molecule has 0 amide bonds. The van der Waals surface area contributed by atoms with Crippen LogP contribution in [0.3, 0.4) is 0 Å². The van der Waals surface area contributed by atoms with Crippen LogP contribution < -0.4 is 5.32 Å². The van der Waals surface area contributed by atoms with Crippen molar-refractivity contribution in [2.75, 3.05) is 40.3 Å². The van der Waals surface area contributed by atoms with Gasteiger partial charge in [-0.2, -0.15) is 0 Å². The minimum Gasteiger partial charge on any atom is -0.346 e. The lowest BCUT2D eigenvalue weighted by atomic mass is 10.1. The summed E-state index contributed by atoms with van der Waals surface area (Å²) in [6.07, 6.45) is 3.88. The second kappa shape index (κ2) is 5.91. The monoisotopic (exact) mass is 273 g/mol. The van der Waals surface area contributed by atoms with Gasteiger partial charge in [-0.15, -0.1) is 0 Å². The zero-order chi connectivity index (χ0) is 13.9. The Hall–Kier alpha value is -1.43. The summed E-state index contributed by atoms with van der Waals surface area (Å²) in [5.41, 5.74) is 2.26. The van der Waals surface area contributed by atoms with Crippen molar-refractivity contribution < 1.29 is 0 Å². The molecule has 5 nitrogen and oxygen atoms in total. The van der Waals surface area contributed by atoms with Gasteiger partial charge in [-0.3, -0.25) is 4.90 Å². The quantitative estimate of drug-likeness (QED) is 0.869. The van der Waals surface area contributed by atoms with Crippen LogP contribution in [0.4, 0.5) is 0 Å². The number of fused-ring (bicyclic) bond motifs is 1. The van der Waals surface area contributed by atoms with Crippen LogP contribution in [0.1, 0.15) is 5.56 Å². The van der Waals surface area contributed by atoms with Crippen LogP contribution in [0, 0.1) is 0 Å². The molecule has 2 aromatic heterocycles. The molecule has 5 heteroatoms. The summed E-state index contributed by atoms with van der Waals surface area (Å²) >= 11 is 0. The fraction of sp³-hybridized carbons (Fsp3) is 0.533. The average Bonchev–Trinajstić information content (AvgIpc) is 2.86. The van der Waals surface area contributed by atoms with Crippen molar-refractivity contribution in [3.63, 3.8) is 0 Å². The Balaban J connectivity index is 1.57. The molecule has 3 heterocycles. The van der Waals surface area contributed by atoms with E-state index in [0.29, 0.717) is 6.04 Å². The number of aromatic nitrogens is 2. The van der Waals surface area contributed by atoms with Crippen LogP contribution in [0.5, 0.6) is 0 Å². The first-order chi connectivity index (χ1) is 9.74. The first-order valence-corrected chi connectivity index (χ1v) is 7.24. The molecule has 1 atom stereocenters. The molecule has 0 radical (unpaired) electrons. The van der Waals surface area contributed by atoms with Crippen molar-refractivity contribution in [1.29, 1.82) is 0 Å². The summed E-state index contributed by atoms with van der Waals surface area (Å²) in [6.45, 7) is 5.37. The average molecular weight is 273 g/mol. The van der Waals surface area contributed by atoms with Gasteiger partial charge in [-0.05, 0) is 31.8 Å². The van der Waals surface area contributed by atoms with Crippen LogP contribution in [-0.4, -0.2) is 66.1 Å². The third-order valence-corrected chi connectivity index (χ3v) is 4.21. The maximum Gasteiger partial charge on any atom is 0.137 e. The smallest absolute Gasteiger partial charge is 0.137 e. The Bertz CT molecular complexity index is 564. The summed E-state index contributed by atoms with van der Waals surface area (Å²) in [5, 5.41) is 4.80. The molecule has 108 valence electrons. The fourth-order valence-corrected chi connectivity index (χ4v) is 2.85. The number of rotatable bonds is 4. The van der Waals surface area contributed by atoms with E-state index in [1.165, 1.54) is 17.5 Å². The van der Waals surface area contributed by atoms with Crippen molar-refractivity contribution in [3.8, 4) is 0 Å². The van der Waals surface area contributed by atoms with E-state index in [2.05, 4.69) is 51.4 Å². The number of nitrogens with zero attached hydrogens (tertiary/aromatic N) is 3. The third kappa shape index (κ3) is 2.85. The van der Waals surface area contributed by atoms with Crippen LogP contribution in [0.15, 0.2) is 24.5 Å². The summed E-state index contributed by atoms with van der Waals surface area (Å²) < 4.78 is 0. The van der Waals surface area contributed by atoms with Gasteiger partial charge in [0, 0.05) is 56.5 Å². The molecule has 2 aromatic rings. The molecule has 3 rings (SSSR count). The molecule has 1 saturated heterocycles. The Morgan fingerprint density at radius 1 is 1.40 bits per heavy atom. The lowest BCUT2D eigenvalue weighted by Gasteiger charge is -2.37. The minimum absolute atomic E-state index is 0.595. The molecular formula is C15H23N5. The fourth-order valence-electron chi connectivity index (χ4n) is 2.85. The normalized spacial score (nSPS) is 21.6. The number of piperazine rings is 1. The largest absolute Gasteiger partial charge is 0.346 e. The first kappa shape index (κ1) is 13.5. The van der Waals surface area contributed by atoms with E-state index in [4.69, 9.17) is 0 Å². The molecule has 0 bridgehead atoms. The molecule has 0 spiro atoms. The summed E-state index contributed by atoms with van der Waals surface area (Å²) in [7, 11) is 4.42. The van der Waals surface area contributed by atoms with E-state index < -0.39 is 0 Å². The van der Waals surface area contributed by atoms with E-state index in [9.17, 15) is 0 Å². The zero-order valence-electron chi connectivity index (χ0n) is 12.3. The highest BCUT2D eigenvalue weighted by molar-refractivity contribution is 5.79. The van der Waals surface area contributed by atoms with Crippen molar-refractivity contribution >= 4 is 11.0 Å². The molecule has 0 aromatic carbocycles. The van der Waals surface area contributed by atoms with Gasteiger partial charge in [0.05, 0.1) is 0 Å². The number of likely N-dealkylation sites (N-methyl/N-ethyl adjacent to an activating group) is 2. The number of pyridine rings is 1. The van der Waals surface area contributed by atoms with Gasteiger partial charge in [0.1, 0.15) is 5.65 Å². The van der Waals surface area contributed by atoms with Gasteiger partial charge >= 0.3 is 0 Å². The molecule has 20 heavy (non-hydrogen) atoms. The Kier molecular flexibility index (Phi) is 4.00. The SMILES string of the molecule is CN1CCN(C)C(CNCc2c[nH]c3ncccc23)C1. The van der Waals surface area contributed by atoms with E-state index in [1.807, 2.05) is 12.3 Å². The van der Waals surface area contributed by atoms with Crippen molar-refractivity contribution in [2.45, 2.75) is 12.6 Å². The Morgan fingerprint density at radius 2 is 2.30 bits per heavy atom. The minimum atomic E-state index is 0.595. The number of aromatic amines is 1. The van der Waals surface area contributed by atoms with Gasteiger partial charge in [0.15, 0.2) is 0 Å². The molecule has 2 N–H and O–H groups in total. The Morgan fingerprint density at radius 3 is 3.20 bits per heavy atom. The van der Waals surface area contributed by atoms with E-state index in [-0.39, 0.29) is 0 Å². The molecule has 0 aliphatic carbocycles. The highest BCUT2D eigenvalue weighted by Gasteiger charge is 2.21. The maximum atomic E-state index is 4.32. The van der Waals surface area contributed by atoms with Crippen molar-refractivity contribution in [3.05, 3.63) is 30.1 Å². The Labute approximate surface area is 120 Å². The van der Waals surface area contributed by atoms with E-state index >= 15 is 0 Å². The van der Waals surface area contributed by atoms with E-state index in [1.54, 1.807) is 0 Å². The molecular weight excluding hydrogens is 250 g/mol. The maximum absolute atomic E-state index is 4.32. The van der Waals surface area contributed by atoms with Gasteiger partial charge in [-0.1, -0.05) is 0 Å². The van der Waals surface area contributed by atoms with Crippen LogP contribution in [-0.2, 0) is 6.54 Å². The van der Waals surface area contributed by atoms with Gasteiger partial charge < -0.3 is 15.2 Å². The van der Waals surface area contributed by atoms with Crippen molar-refractivity contribution in [2.24, 2.45) is 0 Å². The molecule has 0 saturated carbocycles. The standard InChI is InChI=1S/C15H23N5/c1-19-6-7-20(2)13(11-19)10-16-8-12-9-18-15-14(12)4-3-5-17-15/h3-5,9,13,16H,6-8,10-11H2,1-2H3,(H,17,18).